The summed E-state index contributed by atoms with van der Waals surface area (Å²) in [6.07, 6.45) is 1.98. The van der Waals surface area contributed by atoms with Crippen molar-refractivity contribution in [2.75, 3.05) is 31.8 Å². The molecule has 0 unspecified atom stereocenters. The van der Waals surface area contributed by atoms with E-state index < -0.39 is 10.0 Å². The molecule has 0 heterocycles. The Morgan fingerprint density at radius 1 is 1.17 bits per heavy atom. The molecule has 0 spiro atoms. The maximum absolute atomic E-state index is 11.8. The summed E-state index contributed by atoms with van der Waals surface area (Å²) < 4.78 is 24.9. The van der Waals surface area contributed by atoms with Crippen LogP contribution in [0.2, 0.25) is 0 Å². The first-order valence-electron chi connectivity index (χ1n) is 5.81. The van der Waals surface area contributed by atoms with Gasteiger partial charge in [-0.2, -0.15) is 0 Å². The summed E-state index contributed by atoms with van der Waals surface area (Å²) in [4.78, 5) is 0.304. The molecule has 0 saturated carbocycles. The third-order valence-electron chi connectivity index (χ3n) is 2.52. The molecule has 0 aliphatic rings. The molecule has 0 radical (unpaired) electrons. The van der Waals surface area contributed by atoms with Crippen LogP contribution < -0.4 is 5.32 Å². The monoisotopic (exact) mass is 290 g/mol. The Hall–Kier alpha value is -0.780. The van der Waals surface area contributed by atoms with Gasteiger partial charge in [0.2, 0.25) is 10.0 Å². The molecule has 0 bridgehead atoms. The number of unbranched alkanes of at least 4 members (excludes halogenated alkanes) is 1. The average molecular weight is 291 g/mol. The Balaban J connectivity index is 2.63. The molecule has 0 amide bonds. The molecule has 0 fully saturated rings. The molecular weight excluding hydrogens is 272 g/mol. The third-order valence-corrected chi connectivity index (χ3v) is 4.62. The Labute approximate surface area is 114 Å². The van der Waals surface area contributed by atoms with Crippen molar-refractivity contribution in [2.24, 2.45) is 0 Å². The molecule has 1 aromatic rings. The highest BCUT2D eigenvalue weighted by atomic mass is 35.5. The van der Waals surface area contributed by atoms with Crippen molar-refractivity contribution in [3.63, 3.8) is 0 Å². The van der Waals surface area contributed by atoms with Gasteiger partial charge in [-0.15, -0.1) is 11.6 Å². The van der Waals surface area contributed by atoms with Gasteiger partial charge in [-0.25, -0.2) is 12.7 Å². The lowest BCUT2D eigenvalue weighted by Crippen LogP contribution is -2.22. The van der Waals surface area contributed by atoms with Gasteiger partial charge in [0.1, 0.15) is 0 Å². The number of hydrogen-bond acceptors (Lipinski definition) is 3. The Morgan fingerprint density at radius 2 is 1.78 bits per heavy atom. The van der Waals surface area contributed by atoms with E-state index in [1.165, 1.54) is 18.4 Å². The minimum atomic E-state index is -3.33. The molecular formula is C12H19ClN2O2S. The molecule has 4 nitrogen and oxygen atoms in total. The number of rotatable bonds is 7. The summed E-state index contributed by atoms with van der Waals surface area (Å²) >= 11 is 5.58. The molecule has 0 atom stereocenters. The number of nitrogens with one attached hydrogen (secondary N) is 1. The summed E-state index contributed by atoms with van der Waals surface area (Å²) in [6.45, 7) is 0.840. The zero-order chi connectivity index (χ0) is 13.6. The van der Waals surface area contributed by atoms with E-state index in [0.717, 1.165) is 25.1 Å². The van der Waals surface area contributed by atoms with Gasteiger partial charge in [-0.1, -0.05) is 0 Å². The largest absolute Gasteiger partial charge is 0.385 e. The molecule has 1 aromatic carbocycles. The van der Waals surface area contributed by atoms with Gasteiger partial charge in [0.05, 0.1) is 4.90 Å². The molecule has 1 rings (SSSR count). The summed E-state index contributed by atoms with van der Waals surface area (Å²) in [5, 5.41) is 3.22. The fraction of sp³-hybridized carbons (Fsp3) is 0.500. The molecule has 0 aromatic heterocycles. The molecule has 102 valence electrons. The van der Waals surface area contributed by atoms with Gasteiger partial charge in [0.15, 0.2) is 0 Å². The second-order valence-electron chi connectivity index (χ2n) is 4.13. The van der Waals surface area contributed by atoms with Crippen molar-refractivity contribution in [1.82, 2.24) is 4.31 Å². The van der Waals surface area contributed by atoms with Crippen LogP contribution in [-0.4, -0.2) is 39.2 Å². The van der Waals surface area contributed by atoms with Crippen LogP contribution in [0.5, 0.6) is 0 Å². The Morgan fingerprint density at radius 3 is 2.28 bits per heavy atom. The standard InChI is InChI=1S/C12H19ClN2O2S/c1-15(2)18(16,17)12-7-5-11(6-8-12)14-10-4-3-9-13/h5-8,14H,3-4,9-10H2,1-2H3. The highest BCUT2D eigenvalue weighted by Gasteiger charge is 2.16. The number of halogens is 1. The van der Waals surface area contributed by atoms with E-state index in [0.29, 0.717) is 10.8 Å². The van der Waals surface area contributed by atoms with Gasteiger partial charge in [-0.05, 0) is 37.1 Å². The first-order chi connectivity index (χ1) is 8.48. The second kappa shape index (κ2) is 6.97. The quantitative estimate of drug-likeness (QED) is 0.619. The van der Waals surface area contributed by atoms with E-state index in [1.54, 1.807) is 24.3 Å². The number of alkyl halides is 1. The number of anilines is 1. The molecule has 18 heavy (non-hydrogen) atoms. The number of hydrogen-bond donors (Lipinski definition) is 1. The zero-order valence-corrected chi connectivity index (χ0v) is 12.3. The minimum absolute atomic E-state index is 0.304. The number of benzene rings is 1. The molecule has 1 N–H and O–H groups in total. The van der Waals surface area contributed by atoms with Crippen molar-refractivity contribution in [1.29, 1.82) is 0 Å². The van der Waals surface area contributed by atoms with Gasteiger partial charge >= 0.3 is 0 Å². The molecule has 0 saturated heterocycles. The normalized spacial score (nSPS) is 11.8. The highest BCUT2D eigenvalue weighted by molar-refractivity contribution is 7.89. The minimum Gasteiger partial charge on any atom is -0.385 e. The van der Waals surface area contributed by atoms with Crippen molar-refractivity contribution in [3.05, 3.63) is 24.3 Å². The maximum Gasteiger partial charge on any atom is 0.242 e. The summed E-state index contributed by atoms with van der Waals surface area (Å²) in [7, 11) is -0.292. The van der Waals surface area contributed by atoms with Gasteiger partial charge in [0, 0.05) is 32.2 Å². The molecule has 0 aliphatic carbocycles. The van der Waals surface area contributed by atoms with E-state index in [2.05, 4.69) is 5.32 Å². The van der Waals surface area contributed by atoms with Crippen LogP contribution >= 0.6 is 11.6 Å². The third kappa shape index (κ3) is 4.15. The van der Waals surface area contributed by atoms with E-state index in [4.69, 9.17) is 11.6 Å². The first kappa shape index (κ1) is 15.3. The first-order valence-corrected chi connectivity index (χ1v) is 7.78. The van der Waals surface area contributed by atoms with Crippen LogP contribution in [0.15, 0.2) is 29.2 Å². The topological polar surface area (TPSA) is 49.4 Å². The Kier molecular flexibility index (Phi) is 5.91. The Bertz CT molecular complexity index is 457. The lowest BCUT2D eigenvalue weighted by Gasteiger charge is -2.12. The predicted octanol–water partition coefficient (Wildman–Crippen LogP) is 2.37. The fourth-order valence-corrected chi connectivity index (χ4v) is 2.50. The number of sulfonamides is 1. The summed E-state index contributed by atoms with van der Waals surface area (Å²) in [6, 6.07) is 6.77. The lowest BCUT2D eigenvalue weighted by molar-refractivity contribution is 0.521. The summed E-state index contributed by atoms with van der Waals surface area (Å²) in [5.74, 6) is 0.668. The van der Waals surface area contributed by atoms with Gasteiger partial charge in [0.25, 0.3) is 0 Å². The van der Waals surface area contributed by atoms with Crippen LogP contribution in [0.1, 0.15) is 12.8 Å². The van der Waals surface area contributed by atoms with Crippen LogP contribution in [0, 0.1) is 0 Å². The highest BCUT2D eigenvalue weighted by Crippen LogP contribution is 2.16. The van der Waals surface area contributed by atoms with E-state index in [9.17, 15) is 8.42 Å². The van der Waals surface area contributed by atoms with Gasteiger partial charge < -0.3 is 5.32 Å². The van der Waals surface area contributed by atoms with E-state index >= 15 is 0 Å². The van der Waals surface area contributed by atoms with Crippen LogP contribution in [0.4, 0.5) is 5.69 Å². The molecule has 0 aliphatic heterocycles. The van der Waals surface area contributed by atoms with Crippen LogP contribution in [-0.2, 0) is 10.0 Å². The second-order valence-corrected chi connectivity index (χ2v) is 6.66. The molecule has 6 heteroatoms. The van der Waals surface area contributed by atoms with E-state index in [-0.39, 0.29) is 0 Å². The smallest absolute Gasteiger partial charge is 0.242 e. The van der Waals surface area contributed by atoms with Crippen LogP contribution in [0.3, 0.4) is 0 Å². The average Bonchev–Trinajstić information content (AvgIpc) is 2.35. The lowest BCUT2D eigenvalue weighted by atomic mass is 10.3. The predicted molar refractivity (Wildman–Crippen MR) is 75.8 cm³/mol. The van der Waals surface area contributed by atoms with Crippen molar-refractivity contribution in [2.45, 2.75) is 17.7 Å². The van der Waals surface area contributed by atoms with E-state index in [1.807, 2.05) is 0 Å². The zero-order valence-electron chi connectivity index (χ0n) is 10.7. The maximum atomic E-state index is 11.8. The van der Waals surface area contributed by atoms with Crippen LogP contribution in [0.25, 0.3) is 0 Å². The van der Waals surface area contributed by atoms with Crippen molar-refractivity contribution in [3.8, 4) is 0 Å². The van der Waals surface area contributed by atoms with Crippen molar-refractivity contribution < 1.29 is 8.42 Å². The van der Waals surface area contributed by atoms with Gasteiger partial charge in [-0.3, -0.25) is 0 Å². The van der Waals surface area contributed by atoms with Crippen molar-refractivity contribution >= 4 is 27.3 Å². The SMILES string of the molecule is CN(C)S(=O)(=O)c1ccc(NCCCCCl)cc1. The number of nitrogens with zero attached hydrogens (tertiary/aromatic N) is 1. The fourth-order valence-electron chi connectivity index (χ4n) is 1.41. The summed E-state index contributed by atoms with van der Waals surface area (Å²) in [5.41, 5.74) is 0.919.